The number of aryl methyl sites for hydroxylation is 1. The van der Waals surface area contributed by atoms with Crippen molar-refractivity contribution in [1.82, 2.24) is 9.80 Å². The molecular formula is C16H22N2O3S. The number of nitrogens with zero attached hydrogens (tertiary/aromatic N) is 2. The fourth-order valence-corrected chi connectivity index (χ4v) is 4.46. The molecule has 22 heavy (non-hydrogen) atoms. The van der Waals surface area contributed by atoms with Crippen molar-refractivity contribution >= 4 is 23.2 Å². The molecule has 6 heteroatoms. The van der Waals surface area contributed by atoms with Crippen molar-refractivity contribution in [3.8, 4) is 0 Å². The van der Waals surface area contributed by atoms with E-state index in [4.69, 9.17) is 0 Å². The Bertz CT molecular complexity index is 565. The van der Waals surface area contributed by atoms with Gasteiger partial charge in [0.1, 0.15) is 6.04 Å². The topological polar surface area (TPSA) is 60.9 Å². The summed E-state index contributed by atoms with van der Waals surface area (Å²) < 4.78 is 0. The molecule has 0 bridgehead atoms. The summed E-state index contributed by atoms with van der Waals surface area (Å²) >= 11 is 1.40. The second kappa shape index (κ2) is 6.38. The first-order valence-corrected chi connectivity index (χ1v) is 8.78. The summed E-state index contributed by atoms with van der Waals surface area (Å²) in [7, 11) is 0. The maximum absolute atomic E-state index is 12.7. The number of amides is 1. The van der Waals surface area contributed by atoms with Crippen LogP contribution in [0.15, 0.2) is 11.4 Å². The average molecular weight is 322 g/mol. The van der Waals surface area contributed by atoms with Gasteiger partial charge in [0.05, 0.1) is 4.88 Å². The van der Waals surface area contributed by atoms with Gasteiger partial charge in [0, 0.05) is 12.6 Å². The molecule has 2 aliphatic rings. The third-order valence-electron chi connectivity index (χ3n) is 4.83. The number of carbonyl (C=O) groups excluding carboxylic acids is 1. The number of hydrogen-bond donors (Lipinski definition) is 1. The SMILES string of the molecule is Cc1ccsc1C(=O)N1CC[C@H](N2CCCC2)C[C@H]1C(=O)O. The quantitative estimate of drug-likeness (QED) is 0.927. The highest BCUT2D eigenvalue weighted by molar-refractivity contribution is 7.12. The molecule has 0 aliphatic carbocycles. The second-order valence-corrected chi connectivity index (χ2v) is 7.12. The van der Waals surface area contributed by atoms with Crippen molar-refractivity contribution < 1.29 is 14.7 Å². The summed E-state index contributed by atoms with van der Waals surface area (Å²) in [6.07, 6.45) is 3.82. The van der Waals surface area contributed by atoms with Crippen molar-refractivity contribution in [2.75, 3.05) is 19.6 Å². The van der Waals surface area contributed by atoms with Crippen LogP contribution >= 0.6 is 11.3 Å². The zero-order valence-corrected chi connectivity index (χ0v) is 13.6. The van der Waals surface area contributed by atoms with Crippen LogP contribution in [0.25, 0.3) is 0 Å². The van der Waals surface area contributed by atoms with Crippen LogP contribution < -0.4 is 0 Å². The van der Waals surface area contributed by atoms with E-state index in [-0.39, 0.29) is 5.91 Å². The minimum absolute atomic E-state index is 0.125. The van der Waals surface area contributed by atoms with Gasteiger partial charge in [-0.25, -0.2) is 4.79 Å². The minimum Gasteiger partial charge on any atom is -0.480 e. The lowest BCUT2D eigenvalue weighted by molar-refractivity contribution is -0.144. The molecular weight excluding hydrogens is 300 g/mol. The summed E-state index contributed by atoms with van der Waals surface area (Å²) in [4.78, 5) is 29.0. The van der Waals surface area contributed by atoms with Gasteiger partial charge in [-0.15, -0.1) is 11.3 Å². The summed E-state index contributed by atoms with van der Waals surface area (Å²) in [6.45, 7) is 4.56. The van der Waals surface area contributed by atoms with E-state index in [1.807, 2.05) is 18.4 Å². The highest BCUT2D eigenvalue weighted by Crippen LogP contribution is 2.28. The molecule has 1 amide bonds. The number of thiophene rings is 1. The molecule has 1 N–H and O–H groups in total. The van der Waals surface area contributed by atoms with Gasteiger partial charge in [-0.1, -0.05) is 0 Å². The molecule has 0 spiro atoms. The number of carboxylic acid groups (broad SMARTS) is 1. The minimum atomic E-state index is -0.883. The number of rotatable bonds is 3. The fourth-order valence-electron chi connectivity index (χ4n) is 3.58. The van der Waals surface area contributed by atoms with Crippen LogP contribution in [0.4, 0.5) is 0 Å². The predicted octanol–water partition coefficient (Wildman–Crippen LogP) is 2.21. The van der Waals surface area contributed by atoms with E-state index >= 15 is 0 Å². The maximum atomic E-state index is 12.7. The summed E-state index contributed by atoms with van der Waals surface area (Å²) in [5.74, 6) is -1.01. The molecule has 3 heterocycles. The highest BCUT2D eigenvalue weighted by Gasteiger charge is 2.39. The molecule has 2 saturated heterocycles. The maximum Gasteiger partial charge on any atom is 0.326 e. The van der Waals surface area contributed by atoms with E-state index < -0.39 is 12.0 Å². The summed E-state index contributed by atoms with van der Waals surface area (Å²) in [6, 6.07) is 1.51. The molecule has 2 fully saturated rings. The van der Waals surface area contributed by atoms with Crippen molar-refractivity contribution in [3.63, 3.8) is 0 Å². The van der Waals surface area contributed by atoms with Gasteiger partial charge in [-0.05, 0) is 62.7 Å². The van der Waals surface area contributed by atoms with Gasteiger partial charge < -0.3 is 14.9 Å². The first-order valence-electron chi connectivity index (χ1n) is 7.90. The molecule has 120 valence electrons. The van der Waals surface area contributed by atoms with Crippen molar-refractivity contribution in [3.05, 3.63) is 21.9 Å². The number of piperidine rings is 1. The lowest BCUT2D eigenvalue weighted by Gasteiger charge is -2.40. The summed E-state index contributed by atoms with van der Waals surface area (Å²) in [5, 5.41) is 11.5. The third kappa shape index (κ3) is 2.90. The van der Waals surface area contributed by atoms with E-state index in [1.54, 1.807) is 4.90 Å². The molecule has 1 aromatic rings. The largest absolute Gasteiger partial charge is 0.480 e. The second-order valence-electron chi connectivity index (χ2n) is 6.21. The van der Waals surface area contributed by atoms with E-state index in [9.17, 15) is 14.7 Å². The highest BCUT2D eigenvalue weighted by atomic mass is 32.1. The molecule has 0 unspecified atom stereocenters. The van der Waals surface area contributed by atoms with Gasteiger partial charge in [0.15, 0.2) is 0 Å². The summed E-state index contributed by atoms with van der Waals surface area (Å²) in [5.41, 5.74) is 0.931. The van der Waals surface area contributed by atoms with E-state index in [0.29, 0.717) is 23.9 Å². The molecule has 0 radical (unpaired) electrons. The first-order chi connectivity index (χ1) is 10.6. The molecule has 0 aromatic carbocycles. The third-order valence-corrected chi connectivity index (χ3v) is 5.84. The number of likely N-dealkylation sites (tertiary alicyclic amines) is 2. The van der Waals surface area contributed by atoms with Crippen LogP contribution in [0.5, 0.6) is 0 Å². The number of carboxylic acids is 1. The molecule has 2 atom stereocenters. The monoisotopic (exact) mass is 322 g/mol. The lowest BCUT2D eigenvalue weighted by Crippen LogP contribution is -2.54. The van der Waals surface area contributed by atoms with Crippen molar-refractivity contribution in [2.24, 2.45) is 0 Å². The van der Waals surface area contributed by atoms with E-state index in [0.717, 1.165) is 25.1 Å². The molecule has 0 saturated carbocycles. The van der Waals surface area contributed by atoms with Crippen LogP contribution in [-0.2, 0) is 4.79 Å². The van der Waals surface area contributed by atoms with Gasteiger partial charge >= 0.3 is 5.97 Å². The Kier molecular flexibility index (Phi) is 4.49. The Morgan fingerprint density at radius 1 is 1.27 bits per heavy atom. The first kappa shape index (κ1) is 15.5. The van der Waals surface area contributed by atoms with Crippen LogP contribution in [0.2, 0.25) is 0 Å². The van der Waals surface area contributed by atoms with E-state index in [1.165, 1.54) is 24.2 Å². The van der Waals surface area contributed by atoms with Crippen molar-refractivity contribution in [1.29, 1.82) is 0 Å². The number of aliphatic carboxylic acids is 1. The smallest absolute Gasteiger partial charge is 0.326 e. The van der Waals surface area contributed by atoms with Crippen molar-refractivity contribution in [2.45, 2.75) is 44.7 Å². The van der Waals surface area contributed by atoms with Crippen LogP contribution in [0.1, 0.15) is 40.9 Å². The van der Waals surface area contributed by atoms with Crippen LogP contribution in [0.3, 0.4) is 0 Å². The molecule has 1 aromatic heterocycles. The Balaban J connectivity index is 1.76. The fraction of sp³-hybridized carbons (Fsp3) is 0.625. The normalized spacial score (nSPS) is 26.3. The zero-order valence-electron chi connectivity index (χ0n) is 12.8. The molecule has 2 aliphatic heterocycles. The number of carbonyl (C=O) groups is 2. The Labute approximate surface area is 134 Å². The van der Waals surface area contributed by atoms with E-state index in [2.05, 4.69) is 4.90 Å². The predicted molar refractivity (Wildman–Crippen MR) is 85.3 cm³/mol. The number of hydrogen-bond acceptors (Lipinski definition) is 4. The van der Waals surface area contributed by atoms with Gasteiger partial charge in [0.25, 0.3) is 5.91 Å². The zero-order chi connectivity index (χ0) is 15.7. The van der Waals surface area contributed by atoms with Gasteiger partial charge in [-0.2, -0.15) is 0 Å². The Hall–Kier alpha value is -1.40. The standard InChI is InChI=1S/C16H22N2O3S/c1-11-5-9-22-14(11)15(19)18-8-4-12(10-13(18)16(20)21)17-6-2-3-7-17/h5,9,12-13H,2-4,6-8,10H2,1H3,(H,20,21)/t12-,13-/m0/s1. The Morgan fingerprint density at radius 2 is 2.00 bits per heavy atom. The lowest BCUT2D eigenvalue weighted by atomic mass is 9.95. The van der Waals surface area contributed by atoms with Gasteiger partial charge in [0.2, 0.25) is 0 Å². The van der Waals surface area contributed by atoms with Gasteiger partial charge in [-0.3, -0.25) is 4.79 Å². The average Bonchev–Trinajstić information content (AvgIpc) is 3.17. The van der Waals surface area contributed by atoms with Crippen LogP contribution in [-0.4, -0.2) is 58.5 Å². The van der Waals surface area contributed by atoms with Crippen LogP contribution in [0, 0.1) is 6.92 Å². The molecule has 3 rings (SSSR count). The Morgan fingerprint density at radius 3 is 2.59 bits per heavy atom. The molecule has 5 nitrogen and oxygen atoms in total.